The minimum absolute atomic E-state index is 0.0671. The molecule has 1 saturated heterocycles. The van der Waals surface area contributed by atoms with E-state index in [1.807, 2.05) is 20.8 Å². The van der Waals surface area contributed by atoms with Gasteiger partial charge >= 0.3 is 0 Å². The van der Waals surface area contributed by atoms with E-state index >= 15 is 0 Å². The Morgan fingerprint density at radius 1 is 1.56 bits per heavy atom. The molecule has 4 N–H and O–H groups in total. The predicted octanol–water partition coefficient (Wildman–Crippen LogP) is 0.408. The largest absolute Gasteiger partial charge is 0.385 e. The van der Waals surface area contributed by atoms with E-state index in [0.29, 0.717) is 32.4 Å². The van der Waals surface area contributed by atoms with Crippen LogP contribution in [0.25, 0.3) is 0 Å². The van der Waals surface area contributed by atoms with E-state index in [-0.39, 0.29) is 18.6 Å². The summed E-state index contributed by atoms with van der Waals surface area (Å²) in [7, 11) is 0. The standard InChI is InChI=1S/C13H26N2O3/c1-4-12(5-2,8-14)11(16)15-9-13(17)6-7-18-10(13)3/h10,17H,4-9,14H2,1-3H3,(H,15,16). The zero-order valence-electron chi connectivity index (χ0n) is 11.7. The van der Waals surface area contributed by atoms with Crippen molar-refractivity contribution < 1.29 is 14.6 Å². The first kappa shape index (κ1) is 15.4. The summed E-state index contributed by atoms with van der Waals surface area (Å²) in [5, 5.41) is 13.2. The first-order valence-corrected chi connectivity index (χ1v) is 6.76. The average Bonchev–Trinajstić information content (AvgIpc) is 2.70. The first-order chi connectivity index (χ1) is 8.44. The van der Waals surface area contributed by atoms with Crippen molar-refractivity contribution in [3.63, 3.8) is 0 Å². The Balaban J connectivity index is 2.60. The molecule has 1 heterocycles. The molecule has 5 nitrogen and oxygen atoms in total. The molecule has 0 aromatic heterocycles. The van der Waals surface area contributed by atoms with Gasteiger partial charge in [-0.2, -0.15) is 0 Å². The highest BCUT2D eigenvalue weighted by Crippen LogP contribution is 2.27. The van der Waals surface area contributed by atoms with Gasteiger partial charge in [-0.3, -0.25) is 4.79 Å². The van der Waals surface area contributed by atoms with Crippen LogP contribution in [0.1, 0.15) is 40.0 Å². The third-order valence-electron chi connectivity index (χ3n) is 4.44. The number of carbonyl (C=O) groups excluding carboxylic acids is 1. The highest BCUT2D eigenvalue weighted by Gasteiger charge is 2.41. The summed E-state index contributed by atoms with van der Waals surface area (Å²) in [6, 6.07) is 0. The summed E-state index contributed by atoms with van der Waals surface area (Å²) in [5.41, 5.74) is 4.26. The second-order valence-electron chi connectivity index (χ2n) is 5.24. The molecule has 106 valence electrons. The third-order valence-corrected chi connectivity index (χ3v) is 4.44. The molecule has 5 heteroatoms. The Labute approximate surface area is 109 Å². The monoisotopic (exact) mass is 258 g/mol. The van der Waals surface area contributed by atoms with Crippen molar-refractivity contribution in [1.82, 2.24) is 5.32 Å². The number of hydrogen-bond acceptors (Lipinski definition) is 4. The van der Waals surface area contributed by atoms with Gasteiger partial charge in [0, 0.05) is 26.1 Å². The molecule has 1 aliphatic heterocycles. The number of amides is 1. The molecule has 1 rings (SSSR count). The Hall–Kier alpha value is -0.650. The molecular formula is C13H26N2O3. The van der Waals surface area contributed by atoms with Crippen LogP contribution in [0.5, 0.6) is 0 Å². The number of aliphatic hydroxyl groups is 1. The molecule has 1 amide bonds. The molecule has 0 aliphatic carbocycles. The molecule has 0 spiro atoms. The van der Waals surface area contributed by atoms with E-state index in [4.69, 9.17) is 10.5 Å². The van der Waals surface area contributed by atoms with Gasteiger partial charge in [0.1, 0.15) is 5.60 Å². The van der Waals surface area contributed by atoms with E-state index in [9.17, 15) is 9.90 Å². The molecule has 1 fully saturated rings. The molecule has 0 saturated carbocycles. The first-order valence-electron chi connectivity index (χ1n) is 6.76. The molecule has 2 unspecified atom stereocenters. The minimum Gasteiger partial charge on any atom is -0.385 e. The molecule has 18 heavy (non-hydrogen) atoms. The van der Waals surface area contributed by atoms with Crippen LogP contribution in [0.3, 0.4) is 0 Å². The van der Waals surface area contributed by atoms with E-state index in [0.717, 1.165) is 0 Å². The quantitative estimate of drug-likeness (QED) is 0.644. The van der Waals surface area contributed by atoms with Crippen LogP contribution in [-0.4, -0.2) is 42.4 Å². The SMILES string of the molecule is CCC(CC)(CN)C(=O)NCC1(O)CCOC1C. The van der Waals surface area contributed by atoms with Crippen LogP contribution in [0.4, 0.5) is 0 Å². The third kappa shape index (κ3) is 2.84. The van der Waals surface area contributed by atoms with Crippen LogP contribution in [0.2, 0.25) is 0 Å². The minimum atomic E-state index is -0.947. The molecule has 0 aromatic carbocycles. The van der Waals surface area contributed by atoms with Gasteiger partial charge in [-0.15, -0.1) is 0 Å². The van der Waals surface area contributed by atoms with Gasteiger partial charge in [0.05, 0.1) is 11.5 Å². The average molecular weight is 258 g/mol. The molecule has 0 bridgehead atoms. The Bertz CT molecular complexity index is 284. The summed E-state index contributed by atoms with van der Waals surface area (Å²) in [5.74, 6) is -0.0671. The van der Waals surface area contributed by atoms with Crippen LogP contribution in [0, 0.1) is 5.41 Å². The second-order valence-corrected chi connectivity index (χ2v) is 5.24. The fraction of sp³-hybridized carbons (Fsp3) is 0.923. The summed E-state index contributed by atoms with van der Waals surface area (Å²) in [4.78, 5) is 12.2. The maximum Gasteiger partial charge on any atom is 0.227 e. The lowest BCUT2D eigenvalue weighted by Crippen LogP contribution is -2.52. The van der Waals surface area contributed by atoms with Gasteiger partial charge in [-0.05, 0) is 19.8 Å². The van der Waals surface area contributed by atoms with Crippen LogP contribution >= 0.6 is 0 Å². The van der Waals surface area contributed by atoms with Crippen molar-refractivity contribution in [2.45, 2.75) is 51.7 Å². The molecule has 0 aromatic rings. The van der Waals surface area contributed by atoms with Gasteiger partial charge in [-0.1, -0.05) is 13.8 Å². The zero-order chi connectivity index (χ0) is 13.8. The van der Waals surface area contributed by atoms with Gasteiger partial charge < -0.3 is 20.9 Å². The van der Waals surface area contributed by atoms with Crippen molar-refractivity contribution in [2.24, 2.45) is 11.1 Å². The fourth-order valence-corrected chi connectivity index (χ4v) is 2.38. The highest BCUT2D eigenvalue weighted by molar-refractivity contribution is 5.82. The maximum atomic E-state index is 12.2. The van der Waals surface area contributed by atoms with Gasteiger partial charge in [0.2, 0.25) is 5.91 Å². The van der Waals surface area contributed by atoms with Crippen LogP contribution < -0.4 is 11.1 Å². The molecule has 0 radical (unpaired) electrons. The molecule has 1 aliphatic rings. The Morgan fingerprint density at radius 2 is 2.17 bits per heavy atom. The predicted molar refractivity (Wildman–Crippen MR) is 70.1 cm³/mol. The topological polar surface area (TPSA) is 84.6 Å². The van der Waals surface area contributed by atoms with Gasteiger partial charge in [-0.25, -0.2) is 0 Å². The number of rotatable bonds is 6. The van der Waals surface area contributed by atoms with Crippen molar-refractivity contribution in [2.75, 3.05) is 19.7 Å². The summed E-state index contributed by atoms with van der Waals surface area (Å²) in [6.07, 6.45) is 1.72. The lowest BCUT2D eigenvalue weighted by atomic mass is 9.81. The lowest BCUT2D eigenvalue weighted by Gasteiger charge is -2.32. The van der Waals surface area contributed by atoms with Gasteiger partial charge in [0.25, 0.3) is 0 Å². The van der Waals surface area contributed by atoms with E-state index < -0.39 is 11.0 Å². The number of carbonyl (C=O) groups is 1. The number of hydrogen-bond donors (Lipinski definition) is 3. The lowest BCUT2D eigenvalue weighted by molar-refractivity contribution is -0.132. The van der Waals surface area contributed by atoms with Crippen molar-refractivity contribution in [1.29, 1.82) is 0 Å². The molecular weight excluding hydrogens is 232 g/mol. The second kappa shape index (κ2) is 5.99. The smallest absolute Gasteiger partial charge is 0.227 e. The van der Waals surface area contributed by atoms with Crippen molar-refractivity contribution in [3.05, 3.63) is 0 Å². The number of nitrogens with one attached hydrogen (secondary N) is 1. The zero-order valence-corrected chi connectivity index (χ0v) is 11.7. The van der Waals surface area contributed by atoms with Crippen molar-refractivity contribution in [3.8, 4) is 0 Å². The van der Waals surface area contributed by atoms with Crippen LogP contribution in [0.15, 0.2) is 0 Å². The summed E-state index contributed by atoms with van der Waals surface area (Å²) >= 11 is 0. The van der Waals surface area contributed by atoms with Crippen LogP contribution in [-0.2, 0) is 9.53 Å². The Kier molecular flexibility index (Phi) is 5.13. The maximum absolute atomic E-state index is 12.2. The number of nitrogens with two attached hydrogens (primary N) is 1. The fourth-order valence-electron chi connectivity index (χ4n) is 2.38. The van der Waals surface area contributed by atoms with E-state index in [2.05, 4.69) is 5.32 Å². The van der Waals surface area contributed by atoms with E-state index in [1.54, 1.807) is 0 Å². The van der Waals surface area contributed by atoms with Crippen molar-refractivity contribution >= 4 is 5.91 Å². The molecule has 2 atom stereocenters. The number of ether oxygens (including phenoxy) is 1. The summed E-state index contributed by atoms with van der Waals surface area (Å²) < 4.78 is 5.34. The highest BCUT2D eigenvalue weighted by atomic mass is 16.5. The summed E-state index contributed by atoms with van der Waals surface area (Å²) in [6.45, 7) is 6.86. The van der Waals surface area contributed by atoms with Gasteiger partial charge in [0.15, 0.2) is 0 Å². The Morgan fingerprint density at radius 3 is 2.56 bits per heavy atom. The normalized spacial score (nSPS) is 28.4. The van der Waals surface area contributed by atoms with E-state index in [1.165, 1.54) is 0 Å².